The number of carbonyl (C=O) groups is 1. The molecule has 0 bridgehead atoms. The highest BCUT2D eigenvalue weighted by atomic mass is 79.9. The van der Waals surface area contributed by atoms with E-state index in [4.69, 9.17) is 4.52 Å². The summed E-state index contributed by atoms with van der Waals surface area (Å²) in [4.78, 5) is 16.3. The van der Waals surface area contributed by atoms with Gasteiger partial charge in [0.1, 0.15) is 0 Å². The van der Waals surface area contributed by atoms with Gasteiger partial charge in [-0.25, -0.2) is 0 Å². The van der Waals surface area contributed by atoms with Crippen LogP contribution in [0.25, 0.3) is 11.3 Å². The van der Waals surface area contributed by atoms with Gasteiger partial charge in [-0.15, -0.1) is 11.3 Å². The molecule has 1 aromatic carbocycles. The zero-order valence-electron chi connectivity index (χ0n) is 14.7. The van der Waals surface area contributed by atoms with Gasteiger partial charge in [0, 0.05) is 27.5 Å². The molecular formula is C20H20BrN3O2S. The number of hydrogen-bond donors (Lipinski definition) is 1. The van der Waals surface area contributed by atoms with E-state index in [0.29, 0.717) is 18.0 Å². The van der Waals surface area contributed by atoms with Gasteiger partial charge in [-0.05, 0) is 49.5 Å². The molecule has 0 saturated carbocycles. The molecule has 5 nitrogen and oxygen atoms in total. The minimum Gasteiger partial charge on any atom is -0.355 e. The molecule has 1 atom stereocenters. The van der Waals surface area contributed by atoms with Gasteiger partial charge in [0.25, 0.3) is 5.91 Å². The minimum absolute atomic E-state index is 0.206. The maximum Gasteiger partial charge on any atom is 0.273 e. The second-order valence-electron chi connectivity index (χ2n) is 6.57. The topological polar surface area (TPSA) is 58.4 Å². The molecule has 27 heavy (non-hydrogen) atoms. The predicted octanol–water partition coefficient (Wildman–Crippen LogP) is 4.73. The van der Waals surface area contributed by atoms with E-state index in [1.54, 1.807) is 17.4 Å². The molecule has 1 aliphatic rings. The fourth-order valence-electron chi connectivity index (χ4n) is 3.36. The van der Waals surface area contributed by atoms with Crippen LogP contribution in [-0.2, 0) is 0 Å². The Labute approximate surface area is 170 Å². The molecule has 1 fully saturated rings. The summed E-state index contributed by atoms with van der Waals surface area (Å²) in [5.41, 5.74) is 1.19. The molecular weight excluding hydrogens is 426 g/mol. The van der Waals surface area contributed by atoms with E-state index >= 15 is 0 Å². The van der Waals surface area contributed by atoms with Gasteiger partial charge in [0.15, 0.2) is 11.5 Å². The van der Waals surface area contributed by atoms with Crippen molar-refractivity contribution in [1.82, 2.24) is 15.4 Å². The van der Waals surface area contributed by atoms with Crippen molar-refractivity contribution in [2.75, 3.05) is 19.6 Å². The summed E-state index contributed by atoms with van der Waals surface area (Å²) in [6, 6.07) is 13.8. The Kier molecular flexibility index (Phi) is 5.71. The molecule has 1 aliphatic heterocycles. The second-order valence-corrected chi connectivity index (χ2v) is 8.46. The number of hydrogen-bond acceptors (Lipinski definition) is 5. The van der Waals surface area contributed by atoms with Crippen molar-refractivity contribution in [2.24, 2.45) is 0 Å². The quantitative estimate of drug-likeness (QED) is 0.595. The minimum atomic E-state index is -0.206. The highest BCUT2D eigenvalue weighted by Gasteiger charge is 2.25. The van der Waals surface area contributed by atoms with Crippen molar-refractivity contribution < 1.29 is 9.32 Å². The van der Waals surface area contributed by atoms with Crippen molar-refractivity contribution in [1.29, 1.82) is 0 Å². The summed E-state index contributed by atoms with van der Waals surface area (Å²) in [5, 5.41) is 9.06. The van der Waals surface area contributed by atoms with Crippen molar-refractivity contribution in [2.45, 2.75) is 18.9 Å². The van der Waals surface area contributed by atoms with Gasteiger partial charge in [-0.3, -0.25) is 9.69 Å². The third-order valence-electron chi connectivity index (χ3n) is 4.78. The van der Waals surface area contributed by atoms with Crippen LogP contribution in [0.3, 0.4) is 0 Å². The molecule has 1 amide bonds. The summed E-state index contributed by atoms with van der Waals surface area (Å²) in [7, 11) is 0. The Balaban J connectivity index is 1.43. The molecule has 2 aromatic heterocycles. The molecule has 4 rings (SSSR count). The molecule has 3 aromatic rings. The third kappa shape index (κ3) is 4.31. The van der Waals surface area contributed by atoms with Gasteiger partial charge in [0.2, 0.25) is 0 Å². The van der Waals surface area contributed by atoms with E-state index in [0.717, 1.165) is 23.1 Å². The molecule has 1 saturated heterocycles. The fraction of sp³-hybridized carbons (Fsp3) is 0.300. The molecule has 7 heteroatoms. The number of benzene rings is 1. The lowest BCUT2D eigenvalue weighted by Crippen LogP contribution is -2.36. The number of carbonyl (C=O) groups excluding carboxylic acids is 1. The van der Waals surface area contributed by atoms with E-state index < -0.39 is 0 Å². The number of thiophene rings is 1. The smallest absolute Gasteiger partial charge is 0.273 e. The van der Waals surface area contributed by atoms with Gasteiger partial charge >= 0.3 is 0 Å². The number of nitrogens with one attached hydrogen (secondary N) is 1. The first kappa shape index (κ1) is 18.4. The summed E-state index contributed by atoms with van der Waals surface area (Å²) in [6.07, 6.45) is 2.44. The largest absolute Gasteiger partial charge is 0.355 e. The number of likely N-dealkylation sites (tertiary alicyclic amines) is 1. The van der Waals surface area contributed by atoms with E-state index in [2.05, 4.69) is 48.8 Å². The normalized spacial score (nSPS) is 15.7. The monoisotopic (exact) mass is 445 g/mol. The van der Waals surface area contributed by atoms with Gasteiger partial charge < -0.3 is 9.84 Å². The first-order valence-corrected chi connectivity index (χ1v) is 10.7. The molecule has 1 N–H and O–H groups in total. The lowest BCUT2D eigenvalue weighted by molar-refractivity contribution is 0.0929. The SMILES string of the molecule is O=C(NC[C@@H](c1cccs1)N1CCCC1)c1cc(-c2ccc(Br)cc2)on1. The van der Waals surface area contributed by atoms with Crippen LogP contribution in [0.1, 0.15) is 34.2 Å². The molecule has 3 heterocycles. The first-order chi connectivity index (χ1) is 13.2. The molecule has 0 spiro atoms. The van der Waals surface area contributed by atoms with Crippen LogP contribution in [-0.4, -0.2) is 35.6 Å². The van der Waals surface area contributed by atoms with Crippen molar-refractivity contribution in [3.05, 3.63) is 62.9 Å². The fourth-order valence-corrected chi connectivity index (χ4v) is 4.48. The Morgan fingerprint density at radius 1 is 1.26 bits per heavy atom. The third-order valence-corrected chi connectivity index (χ3v) is 6.28. The average Bonchev–Trinajstić information content (AvgIpc) is 3.44. The summed E-state index contributed by atoms with van der Waals surface area (Å²) in [6.45, 7) is 2.73. The van der Waals surface area contributed by atoms with E-state index in [1.807, 2.05) is 24.3 Å². The maximum absolute atomic E-state index is 12.6. The molecule has 0 aliphatic carbocycles. The molecule has 0 unspecified atom stereocenters. The lowest BCUT2D eigenvalue weighted by atomic mass is 10.1. The van der Waals surface area contributed by atoms with Gasteiger partial charge in [-0.2, -0.15) is 0 Å². The highest BCUT2D eigenvalue weighted by Crippen LogP contribution is 2.28. The van der Waals surface area contributed by atoms with Gasteiger partial charge in [0.05, 0.1) is 6.04 Å². The van der Waals surface area contributed by atoms with E-state index in [-0.39, 0.29) is 11.9 Å². The van der Waals surface area contributed by atoms with Crippen molar-refractivity contribution >= 4 is 33.2 Å². The number of rotatable bonds is 6. The Morgan fingerprint density at radius 3 is 2.74 bits per heavy atom. The number of halogens is 1. The molecule has 0 radical (unpaired) electrons. The van der Waals surface area contributed by atoms with Crippen LogP contribution >= 0.6 is 27.3 Å². The van der Waals surface area contributed by atoms with E-state index in [1.165, 1.54) is 17.7 Å². The summed E-state index contributed by atoms with van der Waals surface area (Å²) < 4.78 is 6.35. The first-order valence-electron chi connectivity index (χ1n) is 8.99. The predicted molar refractivity (Wildman–Crippen MR) is 110 cm³/mol. The van der Waals surface area contributed by atoms with Crippen molar-refractivity contribution in [3.8, 4) is 11.3 Å². The second kappa shape index (κ2) is 8.37. The zero-order valence-corrected chi connectivity index (χ0v) is 17.1. The van der Waals surface area contributed by atoms with Crippen LogP contribution in [0.15, 0.2) is 56.8 Å². The number of amides is 1. The van der Waals surface area contributed by atoms with Crippen molar-refractivity contribution in [3.63, 3.8) is 0 Å². The van der Waals surface area contributed by atoms with Gasteiger partial charge in [-0.1, -0.05) is 39.3 Å². The Hall–Kier alpha value is -1.96. The maximum atomic E-state index is 12.6. The lowest BCUT2D eigenvalue weighted by Gasteiger charge is -2.26. The average molecular weight is 446 g/mol. The Morgan fingerprint density at radius 2 is 2.04 bits per heavy atom. The molecule has 140 valence electrons. The Bertz CT molecular complexity index is 886. The zero-order chi connectivity index (χ0) is 18.6. The van der Waals surface area contributed by atoms with Crippen LogP contribution in [0.4, 0.5) is 0 Å². The van der Waals surface area contributed by atoms with Crippen LogP contribution < -0.4 is 5.32 Å². The van der Waals surface area contributed by atoms with Crippen LogP contribution in [0.2, 0.25) is 0 Å². The summed E-state index contributed by atoms with van der Waals surface area (Å²) in [5.74, 6) is 0.380. The number of aromatic nitrogens is 1. The standard InChI is InChI=1S/C20H20BrN3O2S/c21-15-7-5-14(6-8-15)18-12-16(23-26-18)20(25)22-13-17(19-4-3-11-27-19)24-9-1-2-10-24/h3-8,11-12,17H,1-2,9-10,13H2,(H,22,25)/t17-/m0/s1. The highest BCUT2D eigenvalue weighted by molar-refractivity contribution is 9.10. The summed E-state index contributed by atoms with van der Waals surface area (Å²) >= 11 is 5.15. The van der Waals surface area contributed by atoms with Crippen LogP contribution in [0.5, 0.6) is 0 Å². The van der Waals surface area contributed by atoms with Crippen LogP contribution in [0, 0.1) is 0 Å². The van der Waals surface area contributed by atoms with E-state index in [9.17, 15) is 4.79 Å². The number of nitrogens with zero attached hydrogens (tertiary/aromatic N) is 2.